The topological polar surface area (TPSA) is 636 Å². The van der Waals surface area contributed by atoms with E-state index in [1.165, 1.54) is 43.9 Å². The Kier molecular flexibility index (Phi) is 34.8. The summed E-state index contributed by atoms with van der Waals surface area (Å²) in [5, 5.41) is 57.3. The molecule has 17 amide bonds. The van der Waals surface area contributed by atoms with Crippen molar-refractivity contribution in [2.75, 3.05) is 32.7 Å². The molecule has 0 radical (unpaired) electrons. The molecule has 664 valence electrons. The van der Waals surface area contributed by atoms with Crippen LogP contribution in [0, 0.1) is 11.8 Å². The average Bonchev–Trinajstić information content (AvgIpc) is 1.74. The van der Waals surface area contributed by atoms with Gasteiger partial charge in [0.05, 0.1) is 6.04 Å². The van der Waals surface area contributed by atoms with E-state index in [0.29, 0.717) is 17.5 Å². The second-order valence-electron chi connectivity index (χ2n) is 32.6. The number of carbonyl (C=O) groups excluding carboxylic acids is 17. The largest absolute Gasteiger partial charge is 0.508 e. The van der Waals surface area contributed by atoms with Gasteiger partial charge in [0, 0.05) is 82.6 Å². The second-order valence-corrected chi connectivity index (χ2v) is 32.6. The minimum Gasteiger partial charge on any atom is -0.508 e. The molecule has 0 bridgehead atoms. The SMILES string of the molecule is CC(C)C[C@H](NC(=O)[C@@H]1CCC(=O)N1)C(=O)N[C@@H](CCC(N)=O)C(=O)N1CCC[C@H]1C(=O)N[C@@H](Cc1ccccc1)C(=O)N1CCC[C@H]1C(=O)N[C@@H](CCC(N)=O)C(=O)N1CC(N=[N+]=[N-])C[C@H]1C(=O)N[C@@H](CCC(=O)O)C(=O)N[C@@H](CC(C)C)C(=O)N1CCC[C@H]1C(=O)N[C@@H](Cc1ccc(O)cc1)C(=O)N1CCC[C@H]1C(=O)N[C@@H](CCC(N)=O)C(=O)O. The quantitative estimate of drug-likeness (QED) is 0.0184. The number of phenols is 1. The monoisotopic (exact) mass is 1700 g/mol. The Hall–Kier alpha value is -12.5. The predicted molar refractivity (Wildman–Crippen MR) is 429 cm³/mol. The van der Waals surface area contributed by atoms with Gasteiger partial charge in [-0.25, -0.2) is 4.79 Å². The third kappa shape index (κ3) is 26.7. The highest BCUT2D eigenvalue weighted by atomic mass is 16.4. The van der Waals surface area contributed by atoms with E-state index in [2.05, 4.69) is 57.9 Å². The van der Waals surface area contributed by atoms with E-state index in [4.69, 9.17) is 17.2 Å². The van der Waals surface area contributed by atoms with Crippen LogP contribution in [-0.2, 0) is 104 Å². The zero-order valence-electron chi connectivity index (χ0n) is 68.7. The smallest absolute Gasteiger partial charge is 0.326 e. The number of hydrogen-bond donors (Lipinski definition) is 15. The molecule has 18 N–H and O–H groups in total. The number of primary amides is 3. The van der Waals surface area contributed by atoms with Gasteiger partial charge in [-0.3, -0.25) is 86.3 Å². The van der Waals surface area contributed by atoms with Gasteiger partial charge in [-0.15, -0.1) is 0 Å². The summed E-state index contributed by atoms with van der Waals surface area (Å²) >= 11 is 0. The van der Waals surface area contributed by atoms with Gasteiger partial charge < -0.3 is 105 Å². The maximum Gasteiger partial charge on any atom is 0.326 e. The zero-order valence-corrected chi connectivity index (χ0v) is 68.7. The van der Waals surface area contributed by atoms with Crippen LogP contribution in [0.1, 0.15) is 174 Å². The van der Waals surface area contributed by atoms with Crippen molar-refractivity contribution in [3.8, 4) is 5.75 Å². The molecule has 42 nitrogen and oxygen atoms in total. The van der Waals surface area contributed by atoms with Crippen molar-refractivity contribution in [2.45, 2.75) is 266 Å². The highest BCUT2D eigenvalue weighted by Gasteiger charge is 2.49. The molecular formula is C80H112N20O22. The Morgan fingerprint density at radius 1 is 0.451 bits per heavy atom. The Morgan fingerprint density at radius 3 is 1.25 bits per heavy atom. The highest BCUT2D eigenvalue weighted by molar-refractivity contribution is 6.02. The van der Waals surface area contributed by atoms with Gasteiger partial charge in [-0.2, -0.15) is 0 Å². The number of carboxylic acid groups (broad SMARTS) is 2. The van der Waals surface area contributed by atoms with E-state index in [-0.39, 0.29) is 159 Å². The molecule has 8 rings (SSSR count). The number of nitrogens with one attached hydrogen (secondary N) is 9. The maximum atomic E-state index is 15.2. The number of nitrogens with two attached hydrogens (primary N) is 3. The number of benzene rings is 2. The molecular weight excluding hydrogens is 1590 g/mol. The first-order chi connectivity index (χ1) is 57.9. The van der Waals surface area contributed by atoms with Crippen LogP contribution in [-0.4, -0.2) is 276 Å². The molecule has 0 aromatic heterocycles. The molecule has 6 aliphatic heterocycles. The van der Waals surface area contributed by atoms with Crippen molar-refractivity contribution in [1.29, 1.82) is 0 Å². The Balaban J connectivity index is 0.975. The lowest BCUT2D eigenvalue weighted by Crippen LogP contribution is -2.61. The molecule has 6 heterocycles. The first-order valence-corrected chi connectivity index (χ1v) is 41.3. The van der Waals surface area contributed by atoms with Crippen LogP contribution in [0.2, 0.25) is 0 Å². The molecule has 15 atom stereocenters. The van der Waals surface area contributed by atoms with Gasteiger partial charge in [-0.05, 0) is 143 Å². The number of rotatable bonds is 43. The molecule has 2 aromatic carbocycles. The lowest BCUT2D eigenvalue weighted by atomic mass is 10.0. The normalized spacial score (nSPS) is 21.2. The minimum absolute atomic E-state index is 0.00630. The summed E-state index contributed by atoms with van der Waals surface area (Å²) in [5.41, 5.74) is 27.1. The average molecular weight is 1710 g/mol. The van der Waals surface area contributed by atoms with Crippen LogP contribution in [0.15, 0.2) is 59.7 Å². The number of hydrogen-bond acceptors (Lipinski definition) is 21. The van der Waals surface area contributed by atoms with Crippen molar-refractivity contribution in [3.05, 3.63) is 76.2 Å². The molecule has 1 unspecified atom stereocenters. The molecule has 42 heteroatoms. The van der Waals surface area contributed by atoms with Crippen LogP contribution in [0.4, 0.5) is 0 Å². The molecule has 0 aliphatic carbocycles. The summed E-state index contributed by atoms with van der Waals surface area (Å²) < 4.78 is 0. The number of carboxylic acids is 2. The number of aliphatic carboxylic acids is 2. The minimum atomic E-state index is -1.79. The molecule has 0 saturated carbocycles. The Morgan fingerprint density at radius 2 is 0.820 bits per heavy atom. The van der Waals surface area contributed by atoms with Crippen molar-refractivity contribution in [2.24, 2.45) is 34.2 Å². The third-order valence-electron chi connectivity index (χ3n) is 22.5. The highest BCUT2D eigenvalue weighted by Crippen LogP contribution is 2.29. The molecule has 0 spiro atoms. The summed E-state index contributed by atoms with van der Waals surface area (Å²) in [6, 6.07) is -6.66. The lowest BCUT2D eigenvalue weighted by Gasteiger charge is -2.33. The molecule has 6 aliphatic rings. The summed E-state index contributed by atoms with van der Waals surface area (Å²) in [4.78, 5) is 271. The fraction of sp³-hybridized carbons (Fsp3) is 0.613. The van der Waals surface area contributed by atoms with Crippen LogP contribution in [0.5, 0.6) is 5.75 Å². The van der Waals surface area contributed by atoms with Gasteiger partial charge in [0.1, 0.15) is 90.3 Å². The van der Waals surface area contributed by atoms with E-state index in [1.807, 2.05) is 0 Å². The summed E-state index contributed by atoms with van der Waals surface area (Å²) in [5.74, 6) is -17.5. The molecule has 122 heavy (non-hydrogen) atoms. The number of azide groups is 1. The fourth-order valence-corrected chi connectivity index (χ4v) is 16.3. The summed E-state index contributed by atoms with van der Waals surface area (Å²) in [6.45, 7) is 6.44. The van der Waals surface area contributed by atoms with Gasteiger partial charge in [0.2, 0.25) is 100 Å². The Bertz CT molecular complexity index is 4280. The molecule has 6 saturated heterocycles. The fourth-order valence-electron chi connectivity index (χ4n) is 16.3. The number of likely N-dealkylation sites (tertiary alicyclic amines) is 5. The number of amides is 17. The number of phenolic OH excluding ortho intramolecular Hbond substituents is 1. The standard InChI is InChI=1S/C80H112N20O22/c1-42(2)36-53(90-67(108)48-25-30-65(105)85-48)69(110)87-50(22-27-62(81)102)75(116)96-32-8-16-59(96)72(113)92-55(38-44-12-6-5-7-13-44)78(119)98-34-9-14-57(98)70(111)88-51(23-28-63(82)103)76(117)100-41-46(94-95-84)40-61(100)74(115)86-49(26-31-66(106)107)68(109)91-54(37-43(3)4)77(118)97-33-11-17-60(97)73(114)93-56(39-45-18-20-47(101)21-19-45)79(120)99-35-10-15-58(99)71(112)89-52(80(121)122)24-29-64(83)104/h5-7,12-13,18-21,42-43,46,48-61,101H,8-11,14-17,22-41H2,1-4H3,(H2,81,102)(H2,82,103)(H2,83,104)(H,85,105)(H,86,115)(H,87,110)(H,88,111)(H,89,112)(H,90,108)(H,91,109)(H,92,113)(H,93,114)(H,106,107)(H,121,122)/t46?,48-,49-,50-,51-,52-,53-,54-,55-,56-,57-,58-,59-,60-,61-/m0/s1. The summed E-state index contributed by atoms with van der Waals surface area (Å²) in [7, 11) is 0. The summed E-state index contributed by atoms with van der Waals surface area (Å²) in [6.07, 6.45) is -3.01. The van der Waals surface area contributed by atoms with E-state index in [0.717, 1.165) is 4.90 Å². The van der Waals surface area contributed by atoms with E-state index >= 15 is 14.4 Å². The van der Waals surface area contributed by atoms with Gasteiger partial charge in [0.15, 0.2) is 0 Å². The third-order valence-corrected chi connectivity index (χ3v) is 22.5. The maximum absolute atomic E-state index is 15.2. The number of nitrogens with zero attached hydrogens (tertiary/aromatic N) is 8. The first kappa shape index (κ1) is 95.0. The lowest BCUT2D eigenvalue weighted by molar-refractivity contribution is -0.146. The number of aromatic hydroxyl groups is 1. The molecule has 6 fully saturated rings. The van der Waals surface area contributed by atoms with Crippen LogP contribution in [0.3, 0.4) is 0 Å². The van der Waals surface area contributed by atoms with Crippen molar-refractivity contribution < 1.29 is 106 Å². The van der Waals surface area contributed by atoms with Crippen LogP contribution in [0.25, 0.3) is 10.4 Å². The predicted octanol–water partition coefficient (Wildman–Crippen LogP) is -2.58. The van der Waals surface area contributed by atoms with Crippen molar-refractivity contribution >= 4 is 112 Å². The second kappa shape index (κ2) is 44.7. The van der Waals surface area contributed by atoms with Gasteiger partial charge >= 0.3 is 11.9 Å². The van der Waals surface area contributed by atoms with Crippen molar-refractivity contribution in [3.63, 3.8) is 0 Å². The van der Waals surface area contributed by atoms with Crippen molar-refractivity contribution in [1.82, 2.24) is 72.4 Å². The van der Waals surface area contributed by atoms with E-state index in [1.54, 1.807) is 58.0 Å². The van der Waals surface area contributed by atoms with Gasteiger partial charge in [0.25, 0.3) is 0 Å². The zero-order chi connectivity index (χ0) is 89.3. The molecule has 2 aromatic rings. The van der Waals surface area contributed by atoms with E-state index in [9.17, 15) is 97.6 Å². The van der Waals surface area contributed by atoms with Gasteiger partial charge in [-0.1, -0.05) is 75.3 Å². The van der Waals surface area contributed by atoms with E-state index < -0.39 is 236 Å². The van der Waals surface area contributed by atoms with Crippen LogP contribution >= 0.6 is 0 Å². The number of carbonyl (C=O) groups is 19. The first-order valence-electron chi connectivity index (χ1n) is 41.3. The van der Waals surface area contributed by atoms with Crippen LogP contribution < -0.4 is 65.1 Å². The Labute approximate surface area is 703 Å².